The normalized spacial score (nSPS) is 11.2. The Bertz CT molecular complexity index is 323. The topological polar surface area (TPSA) is 38.9 Å². The SMILES string of the molecule is C=C/C=C(\C=C)c1nnc(C)o1. The molecule has 1 rings (SSSR count). The van der Waals surface area contributed by atoms with Crippen LogP contribution in [0.5, 0.6) is 0 Å². The van der Waals surface area contributed by atoms with E-state index in [1.165, 1.54) is 0 Å². The smallest absolute Gasteiger partial charge is 0.247 e. The summed E-state index contributed by atoms with van der Waals surface area (Å²) in [6.45, 7) is 8.93. The second kappa shape index (κ2) is 3.67. The third kappa shape index (κ3) is 1.69. The third-order valence-electron chi connectivity index (χ3n) is 1.29. The Balaban J connectivity index is 3.02. The first-order valence-electron chi connectivity index (χ1n) is 3.53. The zero-order valence-electron chi connectivity index (χ0n) is 6.95. The summed E-state index contributed by atoms with van der Waals surface area (Å²) in [6.07, 6.45) is 5.06. The van der Waals surface area contributed by atoms with Gasteiger partial charge in [0.15, 0.2) is 0 Å². The number of hydrogen-bond donors (Lipinski definition) is 0. The minimum absolute atomic E-state index is 0.474. The van der Waals surface area contributed by atoms with Crippen LogP contribution in [0.1, 0.15) is 11.8 Å². The molecular formula is C9H10N2O. The Hall–Kier alpha value is -1.64. The quantitative estimate of drug-likeness (QED) is 0.639. The lowest BCUT2D eigenvalue weighted by molar-refractivity contribution is 0.507. The van der Waals surface area contributed by atoms with Gasteiger partial charge in [-0.3, -0.25) is 0 Å². The number of aryl methyl sites for hydroxylation is 1. The maximum atomic E-state index is 5.18. The highest BCUT2D eigenvalue weighted by molar-refractivity contribution is 5.68. The van der Waals surface area contributed by atoms with Gasteiger partial charge in [-0.05, 0) is 0 Å². The molecule has 0 aliphatic heterocycles. The van der Waals surface area contributed by atoms with Crippen LogP contribution in [0.15, 0.2) is 35.8 Å². The van der Waals surface area contributed by atoms with Gasteiger partial charge in [0, 0.05) is 12.5 Å². The van der Waals surface area contributed by atoms with Gasteiger partial charge in [-0.25, -0.2) is 0 Å². The molecule has 0 saturated carbocycles. The number of nitrogens with zero attached hydrogens (tertiary/aromatic N) is 2. The van der Waals surface area contributed by atoms with Crippen LogP contribution in [0.2, 0.25) is 0 Å². The Labute approximate surface area is 71.1 Å². The van der Waals surface area contributed by atoms with Crippen LogP contribution in [-0.4, -0.2) is 10.2 Å². The second-order valence-electron chi connectivity index (χ2n) is 2.19. The lowest BCUT2D eigenvalue weighted by atomic mass is 10.2. The molecule has 3 heteroatoms. The van der Waals surface area contributed by atoms with Gasteiger partial charge in [-0.1, -0.05) is 31.4 Å². The van der Waals surface area contributed by atoms with Crippen molar-refractivity contribution in [3.8, 4) is 0 Å². The van der Waals surface area contributed by atoms with Gasteiger partial charge < -0.3 is 4.42 Å². The molecule has 0 amide bonds. The Morgan fingerprint density at radius 2 is 2.17 bits per heavy atom. The van der Waals surface area contributed by atoms with Crippen molar-refractivity contribution in [1.82, 2.24) is 10.2 Å². The monoisotopic (exact) mass is 162 g/mol. The van der Waals surface area contributed by atoms with Gasteiger partial charge in [-0.2, -0.15) is 0 Å². The molecule has 0 aliphatic carbocycles. The molecule has 3 nitrogen and oxygen atoms in total. The molecule has 1 heterocycles. The molecule has 0 radical (unpaired) electrons. The van der Waals surface area contributed by atoms with E-state index in [-0.39, 0.29) is 0 Å². The fourth-order valence-corrected chi connectivity index (χ4v) is 0.767. The van der Waals surface area contributed by atoms with E-state index in [2.05, 4.69) is 23.4 Å². The minimum atomic E-state index is 0.474. The molecule has 0 aliphatic rings. The molecule has 0 bridgehead atoms. The first-order chi connectivity index (χ1) is 5.77. The average Bonchev–Trinajstić information content (AvgIpc) is 2.47. The van der Waals surface area contributed by atoms with Gasteiger partial charge in [0.1, 0.15) is 0 Å². The molecule has 62 valence electrons. The van der Waals surface area contributed by atoms with Crippen LogP contribution >= 0.6 is 0 Å². The van der Waals surface area contributed by atoms with Crippen molar-refractivity contribution < 1.29 is 4.42 Å². The summed E-state index contributed by atoms with van der Waals surface area (Å²) in [4.78, 5) is 0. The molecule has 0 aromatic carbocycles. The van der Waals surface area contributed by atoms with Crippen molar-refractivity contribution in [2.45, 2.75) is 6.92 Å². The summed E-state index contributed by atoms with van der Waals surface area (Å²) >= 11 is 0. The van der Waals surface area contributed by atoms with Gasteiger partial charge >= 0.3 is 0 Å². The predicted octanol–water partition coefficient (Wildman–Crippen LogP) is 2.13. The molecule has 1 aromatic rings. The molecule has 0 N–H and O–H groups in total. The number of aromatic nitrogens is 2. The summed E-state index contributed by atoms with van der Waals surface area (Å²) in [5.41, 5.74) is 0.783. The first-order valence-corrected chi connectivity index (χ1v) is 3.53. The summed E-state index contributed by atoms with van der Waals surface area (Å²) in [5, 5.41) is 7.53. The van der Waals surface area contributed by atoms with Gasteiger partial charge in [-0.15, -0.1) is 10.2 Å². The fraction of sp³-hybridized carbons (Fsp3) is 0.111. The standard InChI is InChI=1S/C9H10N2O/c1-4-6-8(5-2)9-11-10-7(3)12-9/h4-6H,1-2H2,3H3/b8-6+. The maximum Gasteiger partial charge on any atom is 0.247 e. The van der Waals surface area contributed by atoms with E-state index in [0.29, 0.717) is 11.8 Å². The first kappa shape index (κ1) is 8.46. The van der Waals surface area contributed by atoms with Gasteiger partial charge in [0.2, 0.25) is 11.8 Å². The van der Waals surface area contributed by atoms with Crippen LogP contribution < -0.4 is 0 Å². The molecular weight excluding hydrogens is 152 g/mol. The highest BCUT2D eigenvalue weighted by atomic mass is 16.4. The fourth-order valence-electron chi connectivity index (χ4n) is 0.767. The van der Waals surface area contributed by atoms with Crippen LogP contribution in [0.25, 0.3) is 5.57 Å². The van der Waals surface area contributed by atoms with E-state index in [4.69, 9.17) is 4.42 Å². The third-order valence-corrected chi connectivity index (χ3v) is 1.29. The van der Waals surface area contributed by atoms with Gasteiger partial charge in [0.25, 0.3) is 0 Å². The minimum Gasteiger partial charge on any atom is -0.421 e. The lowest BCUT2D eigenvalue weighted by Gasteiger charge is -1.90. The van der Waals surface area contributed by atoms with Crippen molar-refractivity contribution in [1.29, 1.82) is 0 Å². The Kier molecular flexibility index (Phi) is 2.58. The average molecular weight is 162 g/mol. The Morgan fingerprint density at radius 1 is 1.42 bits per heavy atom. The molecule has 1 aromatic heterocycles. The van der Waals surface area contributed by atoms with E-state index >= 15 is 0 Å². The zero-order valence-corrected chi connectivity index (χ0v) is 6.95. The van der Waals surface area contributed by atoms with Crippen LogP contribution in [0.4, 0.5) is 0 Å². The van der Waals surface area contributed by atoms with Gasteiger partial charge in [0.05, 0.1) is 0 Å². The molecule has 0 saturated heterocycles. The van der Waals surface area contributed by atoms with E-state index in [9.17, 15) is 0 Å². The van der Waals surface area contributed by atoms with Crippen molar-refractivity contribution in [2.75, 3.05) is 0 Å². The van der Waals surface area contributed by atoms with Crippen LogP contribution in [0.3, 0.4) is 0 Å². The summed E-state index contributed by atoms with van der Waals surface area (Å²) in [6, 6.07) is 0. The predicted molar refractivity (Wildman–Crippen MR) is 47.4 cm³/mol. The zero-order chi connectivity index (χ0) is 8.97. The molecule has 0 spiro atoms. The van der Waals surface area contributed by atoms with E-state index in [1.54, 1.807) is 25.2 Å². The largest absolute Gasteiger partial charge is 0.421 e. The summed E-state index contributed by atoms with van der Waals surface area (Å²) in [7, 11) is 0. The van der Waals surface area contributed by atoms with E-state index in [1.807, 2.05) is 0 Å². The molecule has 0 atom stereocenters. The van der Waals surface area contributed by atoms with Crippen LogP contribution in [-0.2, 0) is 0 Å². The highest BCUT2D eigenvalue weighted by Gasteiger charge is 2.03. The van der Waals surface area contributed by atoms with Crippen molar-refractivity contribution in [3.63, 3.8) is 0 Å². The second-order valence-corrected chi connectivity index (χ2v) is 2.19. The summed E-state index contributed by atoms with van der Waals surface area (Å²) in [5.74, 6) is 1.02. The molecule has 0 unspecified atom stereocenters. The summed E-state index contributed by atoms with van der Waals surface area (Å²) < 4.78 is 5.18. The molecule has 0 fully saturated rings. The van der Waals surface area contributed by atoms with Crippen molar-refractivity contribution in [2.24, 2.45) is 0 Å². The number of allylic oxidation sites excluding steroid dienone is 4. The van der Waals surface area contributed by atoms with E-state index < -0.39 is 0 Å². The van der Waals surface area contributed by atoms with Crippen LogP contribution in [0, 0.1) is 6.92 Å². The Morgan fingerprint density at radius 3 is 2.58 bits per heavy atom. The number of rotatable bonds is 3. The van der Waals surface area contributed by atoms with Crippen molar-refractivity contribution in [3.05, 3.63) is 43.2 Å². The maximum absolute atomic E-state index is 5.18. The lowest BCUT2D eigenvalue weighted by Crippen LogP contribution is -1.79. The highest BCUT2D eigenvalue weighted by Crippen LogP contribution is 2.12. The number of hydrogen-bond acceptors (Lipinski definition) is 3. The van der Waals surface area contributed by atoms with E-state index in [0.717, 1.165) is 5.57 Å². The van der Waals surface area contributed by atoms with Crippen molar-refractivity contribution >= 4 is 5.57 Å². The molecule has 12 heavy (non-hydrogen) atoms.